The molecule has 5 nitrogen and oxygen atoms in total. The molecule has 1 aliphatic heterocycles. The standard InChI is InChI=1S/C12H13ClFNO4S/c1-7(12(16)17)8-5-15(6-8)20(18,19)11-3-2-9(13)4-10(11)14/h2-4,7-8H,5-6H2,1H3,(H,16,17). The van der Waals surface area contributed by atoms with Crippen molar-refractivity contribution in [2.75, 3.05) is 13.1 Å². The molecule has 1 aromatic carbocycles. The Morgan fingerprint density at radius 1 is 1.50 bits per heavy atom. The molecule has 20 heavy (non-hydrogen) atoms. The maximum Gasteiger partial charge on any atom is 0.306 e. The fraction of sp³-hybridized carbons (Fsp3) is 0.417. The number of aliphatic carboxylic acids is 1. The first-order valence-corrected chi connectivity index (χ1v) is 7.73. The summed E-state index contributed by atoms with van der Waals surface area (Å²) in [6.07, 6.45) is 0. The number of carboxylic acid groups (broad SMARTS) is 1. The van der Waals surface area contributed by atoms with Crippen molar-refractivity contribution in [1.82, 2.24) is 4.31 Å². The van der Waals surface area contributed by atoms with Crippen LogP contribution in [-0.2, 0) is 14.8 Å². The van der Waals surface area contributed by atoms with E-state index in [0.29, 0.717) is 0 Å². The fourth-order valence-electron chi connectivity index (χ4n) is 2.01. The van der Waals surface area contributed by atoms with Crippen LogP contribution in [0, 0.1) is 17.7 Å². The normalized spacial score (nSPS) is 18.6. The minimum Gasteiger partial charge on any atom is -0.481 e. The molecule has 1 unspecified atom stereocenters. The number of halogens is 2. The van der Waals surface area contributed by atoms with Gasteiger partial charge in [-0.25, -0.2) is 12.8 Å². The summed E-state index contributed by atoms with van der Waals surface area (Å²) in [5.41, 5.74) is 0. The van der Waals surface area contributed by atoms with E-state index in [1.807, 2.05) is 0 Å². The lowest BCUT2D eigenvalue weighted by molar-refractivity contribution is -0.144. The Bertz CT molecular complexity index is 643. The van der Waals surface area contributed by atoms with Gasteiger partial charge in [0, 0.05) is 18.1 Å². The van der Waals surface area contributed by atoms with Crippen LogP contribution in [0.3, 0.4) is 0 Å². The van der Waals surface area contributed by atoms with Gasteiger partial charge in [-0.3, -0.25) is 4.79 Å². The number of hydrogen-bond acceptors (Lipinski definition) is 3. The van der Waals surface area contributed by atoms with E-state index >= 15 is 0 Å². The molecule has 1 aromatic rings. The molecule has 0 aromatic heterocycles. The van der Waals surface area contributed by atoms with Crippen molar-refractivity contribution in [3.8, 4) is 0 Å². The largest absolute Gasteiger partial charge is 0.481 e. The third-order valence-corrected chi connectivity index (χ3v) is 5.58. The molecule has 1 aliphatic rings. The van der Waals surface area contributed by atoms with Crippen LogP contribution in [0.4, 0.5) is 4.39 Å². The van der Waals surface area contributed by atoms with Crippen molar-refractivity contribution in [2.45, 2.75) is 11.8 Å². The second kappa shape index (κ2) is 5.31. The summed E-state index contributed by atoms with van der Waals surface area (Å²) in [6.45, 7) is 1.69. The van der Waals surface area contributed by atoms with Crippen molar-refractivity contribution in [2.24, 2.45) is 11.8 Å². The van der Waals surface area contributed by atoms with Crippen LogP contribution < -0.4 is 0 Å². The van der Waals surface area contributed by atoms with E-state index in [1.54, 1.807) is 0 Å². The Balaban J connectivity index is 2.16. The fourth-order valence-corrected chi connectivity index (χ4v) is 3.77. The average molecular weight is 322 g/mol. The lowest BCUT2D eigenvalue weighted by atomic mass is 9.89. The van der Waals surface area contributed by atoms with Crippen LogP contribution in [0.25, 0.3) is 0 Å². The van der Waals surface area contributed by atoms with Crippen molar-refractivity contribution in [3.63, 3.8) is 0 Å². The van der Waals surface area contributed by atoms with Crippen molar-refractivity contribution in [3.05, 3.63) is 29.0 Å². The van der Waals surface area contributed by atoms with Crippen LogP contribution in [0.5, 0.6) is 0 Å². The summed E-state index contributed by atoms with van der Waals surface area (Å²) in [4.78, 5) is 10.4. The highest BCUT2D eigenvalue weighted by atomic mass is 35.5. The minimum absolute atomic E-state index is 0.0812. The third kappa shape index (κ3) is 2.65. The van der Waals surface area contributed by atoms with Crippen LogP contribution >= 0.6 is 11.6 Å². The Morgan fingerprint density at radius 3 is 2.60 bits per heavy atom. The number of hydrogen-bond donors (Lipinski definition) is 1. The van der Waals surface area contributed by atoms with Crippen LogP contribution in [0.2, 0.25) is 5.02 Å². The second-order valence-electron chi connectivity index (χ2n) is 4.78. The van der Waals surface area contributed by atoms with Gasteiger partial charge in [0.1, 0.15) is 10.7 Å². The van der Waals surface area contributed by atoms with Gasteiger partial charge in [-0.2, -0.15) is 4.31 Å². The van der Waals surface area contributed by atoms with E-state index in [1.165, 1.54) is 13.0 Å². The van der Waals surface area contributed by atoms with E-state index in [0.717, 1.165) is 16.4 Å². The molecule has 0 amide bonds. The van der Waals surface area contributed by atoms with Crippen molar-refractivity contribution >= 4 is 27.6 Å². The van der Waals surface area contributed by atoms with E-state index in [4.69, 9.17) is 16.7 Å². The number of carboxylic acids is 1. The monoisotopic (exact) mass is 321 g/mol. The Kier molecular flexibility index (Phi) is 4.04. The molecule has 1 fully saturated rings. The zero-order chi connectivity index (χ0) is 15.1. The van der Waals surface area contributed by atoms with Crippen molar-refractivity contribution in [1.29, 1.82) is 0 Å². The summed E-state index contributed by atoms with van der Waals surface area (Å²) in [6, 6.07) is 3.35. The van der Waals surface area contributed by atoms with Gasteiger partial charge in [-0.05, 0) is 24.1 Å². The first-order valence-electron chi connectivity index (χ1n) is 5.91. The smallest absolute Gasteiger partial charge is 0.306 e. The van der Waals surface area contributed by atoms with Gasteiger partial charge >= 0.3 is 5.97 Å². The van der Waals surface area contributed by atoms with E-state index in [9.17, 15) is 17.6 Å². The maximum absolute atomic E-state index is 13.7. The maximum atomic E-state index is 13.7. The van der Waals surface area contributed by atoms with E-state index in [2.05, 4.69) is 0 Å². The highest BCUT2D eigenvalue weighted by molar-refractivity contribution is 7.89. The van der Waals surface area contributed by atoms with Gasteiger partial charge in [0.05, 0.1) is 5.92 Å². The summed E-state index contributed by atoms with van der Waals surface area (Å²) in [7, 11) is -3.94. The van der Waals surface area contributed by atoms with E-state index < -0.39 is 32.6 Å². The van der Waals surface area contributed by atoms with Crippen molar-refractivity contribution < 1.29 is 22.7 Å². The number of benzene rings is 1. The Labute approximate surface area is 121 Å². The molecule has 0 aliphatic carbocycles. The molecule has 0 saturated carbocycles. The Morgan fingerprint density at radius 2 is 2.10 bits per heavy atom. The molecule has 0 radical (unpaired) electrons. The quantitative estimate of drug-likeness (QED) is 0.918. The minimum atomic E-state index is -3.94. The first-order chi connectivity index (χ1) is 9.23. The molecule has 1 atom stereocenters. The SMILES string of the molecule is CC(C(=O)O)C1CN(S(=O)(=O)c2ccc(Cl)cc2F)C1. The lowest BCUT2D eigenvalue weighted by Crippen LogP contribution is -2.53. The van der Waals surface area contributed by atoms with Gasteiger partial charge in [-0.1, -0.05) is 18.5 Å². The number of nitrogens with zero attached hydrogens (tertiary/aromatic N) is 1. The van der Waals surface area contributed by atoms with Crippen LogP contribution in [-0.4, -0.2) is 36.9 Å². The zero-order valence-corrected chi connectivity index (χ0v) is 12.2. The van der Waals surface area contributed by atoms with Gasteiger partial charge in [0.15, 0.2) is 0 Å². The molecule has 0 spiro atoms. The molecule has 0 bridgehead atoms. The molecular weight excluding hydrogens is 309 g/mol. The summed E-state index contributed by atoms with van der Waals surface area (Å²) < 4.78 is 39.1. The highest BCUT2D eigenvalue weighted by Crippen LogP contribution is 2.31. The molecule has 110 valence electrons. The predicted molar refractivity (Wildman–Crippen MR) is 70.5 cm³/mol. The summed E-state index contributed by atoms with van der Waals surface area (Å²) in [5.74, 6) is -2.76. The topological polar surface area (TPSA) is 74.7 Å². The lowest BCUT2D eigenvalue weighted by Gasteiger charge is -2.39. The molecule has 1 saturated heterocycles. The molecule has 1 N–H and O–H groups in total. The highest BCUT2D eigenvalue weighted by Gasteiger charge is 2.42. The molecular formula is C12H13ClFNO4S. The summed E-state index contributed by atoms with van der Waals surface area (Å²) >= 11 is 5.58. The number of sulfonamides is 1. The van der Waals surface area contributed by atoms with E-state index in [-0.39, 0.29) is 24.0 Å². The number of rotatable bonds is 4. The van der Waals surface area contributed by atoms with Crippen LogP contribution in [0.1, 0.15) is 6.92 Å². The van der Waals surface area contributed by atoms with Gasteiger partial charge in [0.25, 0.3) is 0 Å². The third-order valence-electron chi connectivity index (χ3n) is 3.48. The second-order valence-corrected chi connectivity index (χ2v) is 7.13. The predicted octanol–water partition coefficient (Wildman–Crippen LogP) is 1.82. The van der Waals surface area contributed by atoms with Crippen LogP contribution in [0.15, 0.2) is 23.1 Å². The molecule has 2 rings (SSSR count). The first kappa shape index (κ1) is 15.2. The van der Waals surface area contributed by atoms with Gasteiger partial charge < -0.3 is 5.11 Å². The average Bonchev–Trinajstić information content (AvgIpc) is 2.25. The van der Waals surface area contributed by atoms with Gasteiger partial charge in [-0.15, -0.1) is 0 Å². The summed E-state index contributed by atoms with van der Waals surface area (Å²) in [5, 5.41) is 8.97. The number of carbonyl (C=O) groups is 1. The molecule has 8 heteroatoms. The zero-order valence-electron chi connectivity index (χ0n) is 10.6. The van der Waals surface area contributed by atoms with Gasteiger partial charge in [0.2, 0.25) is 10.0 Å². The Hall–Kier alpha value is -1.18. The molecule has 1 heterocycles.